The molecule has 0 unspecified atom stereocenters. The van der Waals surface area contributed by atoms with E-state index in [9.17, 15) is 0 Å². The zero-order valence-corrected chi connectivity index (χ0v) is 10.2. The van der Waals surface area contributed by atoms with Crippen molar-refractivity contribution in [2.45, 2.75) is 18.8 Å². The van der Waals surface area contributed by atoms with Crippen LogP contribution in [-0.4, -0.2) is 13.1 Å². The standard InChI is InChI=1S/C12H14N2.BrH/c13-10-14-8-6-12(7-9-14)11-4-2-1-3-5-11;/h1-5,12H,6-9H2;1H. The molecule has 1 heterocycles. The molecule has 0 amide bonds. The Bertz CT molecular complexity index is 323. The van der Waals surface area contributed by atoms with Gasteiger partial charge in [-0.1, -0.05) is 30.3 Å². The molecule has 2 nitrogen and oxygen atoms in total. The predicted octanol–water partition coefficient (Wildman–Crippen LogP) is -2.07. The third kappa shape index (κ3) is 3.05. The molecule has 0 bridgehead atoms. The summed E-state index contributed by atoms with van der Waals surface area (Å²) in [5.74, 6) is 0.674. The monoisotopic (exact) mass is 266 g/mol. The minimum Gasteiger partial charge on any atom is -1.00 e. The Labute approximate surface area is 101 Å². The van der Waals surface area contributed by atoms with Crippen molar-refractivity contribution in [2.24, 2.45) is 0 Å². The first-order valence-electron chi connectivity index (χ1n) is 5.20. The molecular formula is C12H15BrN2. The lowest BCUT2D eigenvalue weighted by atomic mass is 9.90. The van der Waals surface area contributed by atoms with E-state index in [1.165, 1.54) is 5.56 Å². The summed E-state index contributed by atoms with van der Waals surface area (Å²) in [6.45, 7) is 1.99. The molecule has 1 aromatic rings. The lowest BCUT2D eigenvalue weighted by molar-refractivity contribution is -0.838. The van der Waals surface area contributed by atoms with Crippen LogP contribution in [0.4, 0.5) is 0 Å². The lowest BCUT2D eigenvalue weighted by Gasteiger charge is -2.24. The minimum absolute atomic E-state index is 0. The second-order valence-electron chi connectivity index (χ2n) is 3.90. The number of hydrogen-bond acceptors (Lipinski definition) is 1. The van der Waals surface area contributed by atoms with Gasteiger partial charge in [-0.05, 0) is 11.5 Å². The minimum atomic E-state index is 0. The van der Waals surface area contributed by atoms with Crippen molar-refractivity contribution in [3.63, 3.8) is 0 Å². The fourth-order valence-corrected chi connectivity index (χ4v) is 2.14. The van der Waals surface area contributed by atoms with Gasteiger partial charge in [0.1, 0.15) is 0 Å². The number of nitrogens with one attached hydrogen (secondary N) is 1. The van der Waals surface area contributed by atoms with Crippen molar-refractivity contribution >= 4 is 0 Å². The van der Waals surface area contributed by atoms with Crippen molar-refractivity contribution in [3.05, 3.63) is 35.9 Å². The van der Waals surface area contributed by atoms with Crippen LogP contribution in [0.2, 0.25) is 0 Å². The SMILES string of the molecule is N#C[NH+]1CCC(c2ccccc2)CC1.[Br-]. The van der Waals surface area contributed by atoms with Crippen LogP contribution in [0, 0.1) is 11.5 Å². The van der Waals surface area contributed by atoms with Crippen LogP contribution in [-0.2, 0) is 0 Å². The van der Waals surface area contributed by atoms with Gasteiger partial charge in [-0.25, -0.2) is 4.90 Å². The highest BCUT2D eigenvalue weighted by molar-refractivity contribution is 5.19. The van der Waals surface area contributed by atoms with E-state index < -0.39 is 0 Å². The molecule has 0 aliphatic carbocycles. The molecule has 1 aliphatic heterocycles. The van der Waals surface area contributed by atoms with Crippen molar-refractivity contribution < 1.29 is 21.9 Å². The van der Waals surface area contributed by atoms with Crippen molar-refractivity contribution in [3.8, 4) is 6.19 Å². The molecule has 0 aromatic heterocycles. The summed E-state index contributed by atoms with van der Waals surface area (Å²) in [6.07, 6.45) is 4.58. The van der Waals surface area contributed by atoms with Gasteiger partial charge in [0, 0.05) is 12.8 Å². The maximum Gasteiger partial charge on any atom is 0.306 e. The molecule has 3 heteroatoms. The Kier molecular flexibility index (Phi) is 4.80. The Morgan fingerprint density at radius 3 is 2.27 bits per heavy atom. The van der Waals surface area contributed by atoms with E-state index in [2.05, 4.69) is 36.5 Å². The zero-order valence-electron chi connectivity index (χ0n) is 8.62. The maximum atomic E-state index is 8.76. The van der Waals surface area contributed by atoms with Crippen LogP contribution in [0.15, 0.2) is 30.3 Å². The van der Waals surface area contributed by atoms with E-state index in [1.807, 2.05) is 0 Å². The van der Waals surface area contributed by atoms with E-state index in [0.717, 1.165) is 30.8 Å². The number of quaternary nitrogens is 1. The van der Waals surface area contributed by atoms with Crippen LogP contribution < -0.4 is 21.9 Å². The van der Waals surface area contributed by atoms with Crippen LogP contribution in [0.25, 0.3) is 0 Å². The van der Waals surface area contributed by atoms with E-state index in [0.29, 0.717) is 5.92 Å². The zero-order chi connectivity index (χ0) is 9.80. The molecule has 1 aliphatic rings. The first-order valence-corrected chi connectivity index (χ1v) is 5.20. The van der Waals surface area contributed by atoms with Gasteiger partial charge in [-0.15, -0.1) is 5.26 Å². The highest BCUT2D eigenvalue weighted by Gasteiger charge is 2.22. The number of halogens is 1. The Hall–Kier alpha value is -0.850. The fraction of sp³-hybridized carbons (Fsp3) is 0.417. The van der Waals surface area contributed by atoms with E-state index in [-0.39, 0.29) is 17.0 Å². The van der Waals surface area contributed by atoms with Gasteiger partial charge in [0.15, 0.2) is 0 Å². The Morgan fingerprint density at radius 2 is 1.73 bits per heavy atom. The number of piperidine rings is 1. The van der Waals surface area contributed by atoms with E-state index in [4.69, 9.17) is 5.26 Å². The number of nitriles is 1. The molecule has 0 atom stereocenters. The summed E-state index contributed by atoms with van der Waals surface area (Å²) in [5.41, 5.74) is 1.43. The van der Waals surface area contributed by atoms with Gasteiger partial charge in [0.25, 0.3) is 0 Å². The van der Waals surface area contributed by atoms with Gasteiger partial charge < -0.3 is 17.0 Å². The summed E-state index contributed by atoms with van der Waals surface area (Å²) >= 11 is 0. The van der Waals surface area contributed by atoms with E-state index in [1.54, 1.807) is 0 Å². The second kappa shape index (κ2) is 5.89. The van der Waals surface area contributed by atoms with Crippen molar-refractivity contribution in [2.75, 3.05) is 13.1 Å². The molecule has 2 rings (SSSR count). The molecule has 1 fully saturated rings. The highest BCUT2D eigenvalue weighted by Crippen LogP contribution is 2.23. The molecule has 1 N–H and O–H groups in total. The third-order valence-corrected chi connectivity index (χ3v) is 3.02. The molecule has 1 saturated heterocycles. The predicted molar refractivity (Wildman–Crippen MR) is 54.7 cm³/mol. The summed E-state index contributed by atoms with van der Waals surface area (Å²) in [4.78, 5) is 1.08. The highest BCUT2D eigenvalue weighted by atomic mass is 79.9. The van der Waals surface area contributed by atoms with Gasteiger partial charge in [-0.3, -0.25) is 0 Å². The number of rotatable bonds is 1. The van der Waals surface area contributed by atoms with Gasteiger partial charge in [0.2, 0.25) is 0 Å². The van der Waals surface area contributed by atoms with Crippen molar-refractivity contribution in [1.82, 2.24) is 0 Å². The van der Waals surface area contributed by atoms with Gasteiger partial charge >= 0.3 is 6.19 Å². The van der Waals surface area contributed by atoms with E-state index >= 15 is 0 Å². The van der Waals surface area contributed by atoms with Crippen LogP contribution in [0.5, 0.6) is 0 Å². The normalized spacial score (nSPS) is 25.0. The molecule has 15 heavy (non-hydrogen) atoms. The smallest absolute Gasteiger partial charge is 0.306 e. The topological polar surface area (TPSA) is 28.2 Å². The number of benzene rings is 1. The van der Waals surface area contributed by atoms with Gasteiger partial charge in [0.05, 0.1) is 13.1 Å². The average molecular weight is 267 g/mol. The van der Waals surface area contributed by atoms with Crippen LogP contribution in [0.3, 0.4) is 0 Å². The Morgan fingerprint density at radius 1 is 1.13 bits per heavy atom. The molecule has 0 radical (unpaired) electrons. The first kappa shape index (κ1) is 12.2. The summed E-state index contributed by atoms with van der Waals surface area (Å²) in [5, 5.41) is 8.76. The quantitative estimate of drug-likeness (QED) is 0.582. The number of likely N-dealkylation sites (tertiary alicyclic amines) is 1. The number of hydrogen-bond donors (Lipinski definition) is 1. The average Bonchev–Trinajstić information content (AvgIpc) is 2.30. The number of nitrogens with zero attached hydrogens (tertiary/aromatic N) is 1. The largest absolute Gasteiger partial charge is 1.00 e. The van der Waals surface area contributed by atoms with Crippen LogP contribution >= 0.6 is 0 Å². The lowest BCUT2D eigenvalue weighted by Crippen LogP contribution is -3.09. The molecule has 1 aromatic carbocycles. The Balaban J connectivity index is 0.00000112. The molecule has 80 valence electrons. The fourth-order valence-electron chi connectivity index (χ4n) is 2.14. The summed E-state index contributed by atoms with van der Waals surface area (Å²) in [7, 11) is 0. The third-order valence-electron chi connectivity index (χ3n) is 3.02. The first-order chi connectivity index (χ1) is 6.90. The second-order valence-corrected chi connectivity index (χ2v) is 3.90. The summed E-state index contributed by atoms with van der Waals surface area (Å²) < 4.78 is 0. The molecule has 0 spiro atoms. The van der Waals surface area contributed by atoms with Crippen molar-refractivity contribution in [1.29, 1.82) is 5.26 Å². The maximum absolute atomic E-state index is 8.76. The summed E-state index contributed by atoms with van der Waals surface area (Å²) in [6, 6.07) is 10.6. The molecular weight excluding hydrogens is 252 g/mol. The molecule has 0 saturated carbocycles. The van der Waals surface area contributed by atoms with Crippen LogP contribution in [0.1, 0.15) is 24.3 Å². The van der Waals surface area contributed by atoms with Gasteiger partial charge in [-0.2, -0.15) is 0 Å².